The van der Waals surface area contributed by atoms with E-state index in [0.29, 0.717) is 25.2 Å². The maximum atomic E-state index is 13.8. The van der Waals surface area contributed by atoms with E-state index in [9.17, 15) is 14.4 Å². The van der Waals surface area contributed by atoms with Gasteiger partial charge in [-0.3, -0.25) is 14.4 Å². The summed E-state index contributed by atoms with van der Waals surface area (Å²) in [5.74, 6) is -0.275. The van der Waals surface area contributed by atoms with Gasteiger partial charge in [-0.2, -0.15) is 0 Å². The highest BCUT2D eigenvalue weighted by Crippen LogP contribution is 2.29. The number of hydrogen-bond donors (Lipinski definition) is 3. The number of aromatic nitrogens is 4. The van der Waals surface area contributed by atoms with E-state index >= 15 is 0 Å². The zero-order valence-electron chi connectivity index (χ0n) is 20.3. The Morgan fingerprint density at radius 1 is 1.03 bits per heavy atom. The van der Waals surface area contributed by atoms with Crippen LogP contribution in [0.2, 0.25) is 0 Å². The van der Waals surface area contributed by atoms with Gasteiger partial charge in [0.25, 0.3) is 5.91 Å². The van der Waals surface area contributed by atoms with Crippen molar-refractivity contribution in [3.8, 4) is 11.4 Å². The van der Waals surface area contributed by atoms with E-state index in [1.54, 1.807) is 18.9 Å². The standard InChI is InChI=1S/C24H34N8O3/c1-16(25-2)22(33)26-20(17-10-5-3-6-11-17)24(35)31-15-9-14-19(31)23(34)28-32-21(27-29-30-32)18-12-7-4-8-13-18/h4,7-8,12-13,16-17,19-20,25H,3,5-6,9-11,14-15H2,1-2H3,(H,26,33)(H,28,34)/t16-,19-,20-/m0/s1. The summed E-state index contributed by atoms with van der Waals surface area (Å²) < 4.78 is 0. The van der Waals surface area contributed by atoms with Gasteiger partial charge in [0.15, 0.2) is 0 Å². The van der Waals surface area contributed by atoms with E-state index in [4.69, 9.17) is 0 Å². The average Bonchev–Trinajstić information content (AvgIpc) is 3.57. The van der Waals surface area contributed by atoms with Crippen molar-refractivity contribution >= 4 is 17.7 Å². The van der Waals surface area contributed by atoms with Crippen LogP contribution < -0.4 is 16.1 Å². The van der Waals surface area contributed by atoms with Gasteiger partial charge in [0, 0.05) is 12.1 Å². The van der Waals surface area contributed by atoms with Crippen LogP contribution in [0.1, 0.15) is 51.9 Å². The van der Waals surface area contributed by atoms with Crippen molar-refractivity contribution in [3.05, 3.63) is 30.3 Å². The molecule has 0 spiro atoms. The minimum absolute atomic E-state index is 0.0674. The Labute approximate surface area is 205 Å². The number of carbonyl (C=O) groups is 3. The number of carbonyl (C=O) groups excluding carboxylic acids is 3. The van der Waals surface area contributed by atoms with Crippen LogP contribution in [0.25, 0.3) is 11.4 Å². The normalized spacial score (nSPS) is 20.3. The Morgan fingerprint density at radius 3 is 2.49 bits per heavy atom. The van der Waals surface area contributed by atoms with Gasteiger partial charge < -0.3 is 15.5 Å². The molecule has 1 saturated heterocycles. The lowest BCUT2D eigenvalue weighted by Crippen LogP contribution is -2.58. The molecule has 0 radical (unpaired) electrons. The van der Waals surface area contributed by atoms with E-state index in [1.807, 2.05) is 30.3 Å². The summed E-state index contributed by atoms with van der Waals surface area (Å²) in [6, 6.07) is 7.61. The van der Waals surface area contributed by atoms with Gasteiger partial charge in [-0.25, -0.2) is 5.43 Å². The van der Waals surface area contributed by atoms with Crippen LogP contribution in [0.5, 0.6) is 0 Å². The Kier molecular flexibility index (Phi) is 8.06. The summed E-state index contributed by atoms with van der Waals surface area (Å²) in [6.45, 7) is 2.24. The zero-order chi connectivity index (χ0) is 24.8. The number of hydrogen-bond acceptors (Lipinski definition) is 7. The highest BCUT2D eigenvalue weighted by Gasteiger charge is 2.41. The molecule has 11 nitrogen and oxygen atoms in total. The van der Waals surface area contributed by atoms with Crippen LogP contribution in [0.3, 0.4) is 0 Å². The third kappa shape index (κ3) is 5.67. The molecule has 2 aromatic rings. The molecular weight excluding hydrogens is 448 g/mol. The Morgan fingerprint density at radius 2 is 1.77 bits per heavy atom. The third-order valence-electron chi connectivity index (χ3n) is 7.07. The Balaban J connectivity index is 1.50. The quantitative estimate of drug-likeness (QED) is 0.512. The molecule has 1 aliphatic heterocycles. The smallest absolute Gasteiger partial charge is 0.262 e. The molecule has 11 heteroatoms. The summed E-state index contributed by atoms with van der Waals surface area (Å²) in [5, 5.41) is 17.5. The van der Waals surface area contributed by atoms with Crippen LogP contribution in [0.4, 0.5) is 0 Å². The predicted octanol–water partition coefficient (Wildman–Crippen LogP) is 1.07. The van der Waals surface area contributed by atoms with E-state index in [1.165, 1.54) is 4.79 Å². The van der Waals surface area contributed by atoms with E-state index in [-0.39, 0.29) is 23.6 Å². The SMILES string of the molecule is CN[C@@H](C)C(=O)N[C@H](C(=O)N1CCC[C@H]1C(=O)Nn1nnnc1-c1ccccc1)C1CCCCC1. The summed E-state index contributed by atoms with van der Waals surface area (Å²) in [5.41, 5.74) is 3.51. The maximum absolute atomic E-state index is 13.8. The number of tetrazole rings is 1. The zero-order valence-corrected chi connectivity index (χ0v) is 20.3. The molecular formula is C24H34N8O3. The third-order valence-corrected chi connectivity index (χ3v) is 7.07. The van der Waals surface area contributed by atoms with Crippen molar-refractivity contribution in [3.63, 3.8) is 0 Å². The minimum Gasteiger partial charge on any atom is -0.343 e. The number of likely N-dealkylation sites (tertiary alicyclic amines) is 1. The summed E-state index contributed by atoms with van der Waals surface area (Å²) in [7, 11) is 1.71. The molecule has 2 heterocycles. The lowest BCUT2D eigenvalue weighted by molar-refractivity contribution is -0.142. The minimum atomic E-state index is -0.653. The molecule has 1 aromatic heterocycles. The molecule has 35 heavy (non-hydrogen) atoms. The Hall–Kier alpha value is -3.34. The van der Waals surface area contributed by atoms with Crippen molar-refractivity contribution in [2.45, 2.75) is 70.0 Å². The maximum Gasteiger partial charge on any atom is 0.262 e. The highest BCUT2D eigenvalue weighted by atomic mass is 16.2. The highest BCUT2D eigenvalue weighted by molar-refractivity contribution is 5.96. The first-order chi connectivity index (χ1) is 17.0. The first-order valence-corrected chi connectivity index (χ1v) is 12.4. The van der Waals surface area contributed by atoms with E-state index in [2.05, 4.69) is 31.6 Å². The van der Waals surface area contributed by atoms with E-state index < -0.39 is 18.1 Å². The number of nitrogens with zero attached hydrogens (tertiary/aromatic N) is 5. The van der Waals surface area contributed by atoms with Crippen molar-refractivity contribution < 1.29 is 14.4 Å². The first-order valence-electron chi connectivity index (χ1n) is 12.4. The molecule has 0 unspecified atom stereocenters. The van der Waals surface area contributed by atoms with Gasteiger partial charge in [0.2, 0.25) is 17.6 Å². The molecule has 3 atom stereocenters. The molecule has 3 N–H and O–H groups in total. The number of amides is 3. The monoisotopic (exact) mass is 482 g/mol. The summed E-state index contributed by atoms with van der Waals surface area (Å²) in [6.07, 6.45) is 6.25. The number of likely N-dealkylation sites (N-methyl/N-ethyl adjacent to an activating group) is 1. The largest absolute Gasteiger partial charge is 0.343 e. The van der Waals surface area contributed by atoms with Crippen molar-refractivity contribution in [1.29, 1.82) is 0 Å². The van der Waals surface area contributed by atoms with Crippen LogP contribution in [-0.4, -0.2) is 74.7 Å². The number of benzene rings is 1. The van der Waals surface area contributed by atoms with Gasteiger partial charge in [0.1, 0.15) is 12.1 Å². The molecule has 2 aliphatic rings. The van der Waals surface area contributed by atoms with Crippen LogP contribution in [0, 0.1) is 5.92 Å². The second-order valence-corrected chi connectivity index (χ2v) is 9.34. The molecule has 188 valence electrons. The second-order valence-electron chi connectivity index (χ2n) is 9.34. The predicted molar refractivity (Wildman–Crippen MR) is 129 cm³/mol. The van der Waals surface area contributed by atoms with Crippen molar-refractivity contribution in [2.24, 2.45) is 5.92 Å². The van der Waals surface area contributed by atoms with Crippen LogP contribution in [0.15, 0.2) is 30.3 Å². The fourth-order valence-corrected chi connectivity index (χ4v) is 4.95. The molecule has 3 amide bonds. The van der Waals surface area contributed by atoms with Gasteiger partial charge >= 0.3 is 0 Å². The molecule has 4 rings (SSSR count). The number of rotatable bonds is 8. The molecule has 1 aromatic carbocycles. The van der Waals surface area contributed by atoms with Gasteiger partial charge in [-0.15, -0.1) is 9.89 Å². The van der Waals surface area contributed by atoms with Gasteiger partial charge in [-0.05, 0) is 56.0 Å². The fourth-order valence-electron chi connectivity index (χ4n) is 4.95. The molecule has 0 bridgehead atoms. The van der Waals surface area contributed by atoms with Crippen molar-refractivity contribution in [1.82, 2.24) is 35.8 Å². The molecule has 1 aliphatic carbocycles. The lowest BCUT2D eigenvalue weighted by atomic mass is 9.83. The fraction of sp³-hybridized carbons (Fsp3) is 0.583. The number of nitrogens with one attached hydrogen (secondary N) is 3. The molecule has 2 fully saturated rings. The molecule has 1 saturated carbocycles. The second kappa shape index (κ2) is 11.4. The van der Waals surface area contributed by atoms with Crippen molar-refractivity contribution in [2.75, 3.05) is 19.0 Å². The van der Waals surface area contributed by atoms with E-state index in [0.717, 1.165) is 37.7 Å². The van der Waals surface area contributed by atoms with Gasteiger partial charge in [-0.1, -0.05) is 49.6 Å². The van der Waals surface area contributed by atoms with Crippen LogP contribution >= 0.6 is 0 Å². The van der Waals surface area contributed by atoms with Crippen LogP contribution in [-0.2, 0) is 14.4 Å². The first kappa shape index (κ1) is 24.8. The summed E-state index contributed by atoms with van der Waals surface area (Å²) in [4.78, 5) is 42.6. The van der Waals surface area contributed by atoms with Gasteiger partial charge in [0.05, 0.1) is 6.04 Å². The lowest BCUT2D eigenvalue weighted by Gasteiger charge is -2.35. The topological polar surface area (TPSA) is 134 Å². The Bertz CT molecular complexity index is 1020. The summed E-state index contributed by atoms with van der Waals surface area (Å²) >= 11 is 0. The average molecular weight is 483 g/mol.